The topological polar surface area (TPSA) is 75.5 Å². The highest BCUT2D eigenvalue weighted by Crippen LogP contribution is 2.28. The third kappa shape index (κ3) is 4.49. The van der Waals surface area contributed by atoms with Crippen molar-refractivity contribution in [3.8, 4) is 5.88 Å². The Bertz CT molecular complexity index is 1090. The van der Waals surface area contributed by atoms with Gasteiger partial charge >= 0.3 is 0 Å². The number of nitrogens with zero attached hydrogens (tertiary/aromatic N) is 5. The number of aryl methyl sites for hydroxylation is 3. The third-order valence-corrected chi connectivity index (χ3v) is 5.77. The van der Waals surface area contributed by atoms with E-state index in [0.29, 0.717) is 5.88 Å². The molecule has 8 heteroatoms. The summed E-state index contributed by atoms with van der Waals surface area (Å²) in [6, 6.07) is 9.93. The van der Waals surface area contributed by atoms with Crippen LogP contribution in [0.1, 0.15) is 18.2 Å². The molecule has 1 saturated heterocycles. The molecule has 0 atom stereocenters. The van der Waals surface area contributed by atoms with Crippen LogP contribution in [0.4, 0.5) is 11.4 Å². The van der Waals surface area contributed by atoms with Crippen molar-refractivity contribution in [1.82, 2.24) is 19.7 Å². The molecule has 1 fully saturated rings. The summed E-state index contributed by atoms with van der Waals surface area (Å²) in [5, 5.41) is 8.27. The Hall–Kier alpha value is -3.13. The highest BCUT2D eigenvalue weighted by Gasteiger charge is 2.20. The second kappa shape index (κ2) is 8.93. The molecule has 1 aliphatic heterocycles. The molecule has 0 unspecified atom stereocenters. The molecule has 0 aliphatic carbocycles. The van der Waals surface area contributed by atoms with Gasteiger partial charge in [0.05, 0.1) is 16.8 Å². The Morgan fingerprint density at radius 2 is 1.90 bits per heavy atom. The van der Waals surface area contributed by atoms with Gasteiger partial charge in [0.1, 0.15) is 0 Å². The number of fused-ring (bicyclic) bond motifs is 1. The zero-order chi connectivity index (χ0) is 22.0. The molecule has 0 radical (unpaired) electrons. The van der Waals surface area contributed by atoms with Gasteiger partial charge < -0.3 is 19.9 Å². The lowest BCUT2D eigenvalue weighted by molar-refractivity contribution is -0.118. The summed E-state index contributed by atoms with van der Waals surface area (Å²) in [5.41, 5.74) is 4.56. The number of rotatable bonds is 6. The van der Waals surface area contributed by atoms with Gasteiger partial charge in [-0.05, 0) is 44.2 Å². The van der Waals surface area contributed by atoms with E-state index in [0.717, 1.165) is 66.4 Å². The molecule has 1 aliphatic rings. The number of aromatic nitrogens is 3. The zero-order valence-electron chi connectivity index (χ0n) is 18.7. The molecule has 31 heavy (non-hydrogen) atoms. The van der Waals surface area contributed by atoms with E-state index in [-0.39, 0.29) is 12.5 Å². The number of anilines is 2. The summed E-state index contributed by atoms with van der Waals surface area (Å²) in [7, 11) is 1.83. The van der Waals surface area contributed by atoms with Crippen molar-refractivity contribution in [1.29, 1.82) is 0 Å². The molecule has 164 valence electrons. The summed E-state index contributed by atoms with van der Waals surface area (Å²) < 4.78 is 7.49. The maximum absolute atomic E-state index is 12.7. The number of likely N-dealkylation sites (N-methyl/N-ethyl adjacent to an activating group) is 1. The van der Waals surface area contributed by atoms with E-state index >= 15 is 0 Å². The van der Waals surface area contributed by atoms with Crippen molar-refractivity contribution in [3.63, 3.8) is 0 Å². The van der Waals surface area contributed by atoms with Crippen molar-refractivity contribution in [3.05, 3.63) is 41.6 Å². The largest absolute Gasteiger partial charge is 0.466 e. The molecule has 0 spiro atoms. The Labute approximate surface area is 182 Å². The lowest BCUT2D eigenvalue weighted by atomic mass is 10.2. The molecule has 0 bridgehead atoms. The first-order valence-electron chi connectivity index (χ1n) is 10.8. The molecular weight excluding hydrogens is 392 g/mol. The molecule has 8 nitrogen and oxygen atoms in total. The van der Waals surface area contributed by atoms with Gasteiger partial charge in [-0.15, -0.1) is 5.10 Å². The maximum Gasteiger partial charge on any atom is 0.262 e. The van der Waals surface area contributed by atoms with Crippen LogP contribution >= 0.6 is 0 Å². The molecular formula is C23H30N6O2. The molecule has 3 heterocycles. The number of hydrogen-bond donors (Lipinski definition) is 1. The van der Waals surface area contributed by atoms with Gasteiger partial charge in [0.25, 0.3) is 5.91 Å². The average Bonchev–Trinajstić information content (AvgIpc) is 3.08. The van der Waals surface area contributed by atoms with Gasteiger partial charge in [0, 0.05) is 38.9 Å². The SMILES string of the molecule is CCN1CCN(c2ccccc2NC(=O)COc2nn(C)c3nc(C)cc(C)c23)CC1. The second-order valence-corrected chi connectivity index (χ2v) is 7.98. The van der Waals surface area contributed by atoms with E-state index in [9.17, 15) is 4.79 Å². The number of benzene rings is 1. The van der Waals surface area contributed by atoms with Gasteiger partial charge in [-0.1, -0.05) is 19.1 Å². The van der Waals surface area contributed by atoms with E-state index in [1.165, 1.54) is 0 Å². The van der Waals surface area contributed by atoms with E-state index in [4.69, 9.17) is 4.74 Å². The van der Waals surface area contributed by atoms with Crippen LogP contribution in [0.15, 0.2) is 30.3 Å². The number of pyridine rings is 1. The molecule has 1 N–H and O–H groups in total. The minimum atomic E-state index is -0.212. The average molecular weight is 423 g/mol. The van der Waals surface area contributed by atoms with Crippen LogP contribution in [-0.4, -0.2) is 64.9 Å². The third-order valence-electron chi connectivity index (χ3n) is 5.77. The zero-order valence-corrected chi connectivity index (χ0v) is 18.7. The number of carbonyl (C=O) groups is 1. The van der Waals surface area contributed by atoms with Gasteiger partial charge in [0.15, 0.2) is 12.3 Å². The van der Waals surface area contributed by atoms with E-state index in [1.807, 2.05) is 45.2 Å². The van der Waals surface area contributed by atoms with Crippen molar-refractivity contribution < 1.29 is 9.53 Å². The predicted molar refractivity (Wildman–Crippen MR) is 123 cm³/mol. The molecule has 4 rings (SSSR count). The molecule has 2 aromatic heterocycles. The summed E-state index contributed by atoms with van der Waals surface area (Å²) in [4.78, 5) is 22.0. The van der Waals surface area contributed by atoms with E-state index in [1.54, 1.807) is 4.68 Å². The minimum absolute atomic E-state index is 0.114. The Morgan fingerprint density at radius 1 is 1.16 bits per heavy atom. The standard InChI is InChI=1S/C23H30N6O2/c1-5-28-10-12-29(13-11-28)19-9-7-6-8-18(19)25-20(30)15-31-23-21-16(2)14-17(3)24-22(21)27(4)26-23/h6-9,14H,5,10-13,15H2,1-4H3,(H,25,30). The summed E-state index contributed by atoms with van der Waals surface area (Å²) in [6.45, 7) is 11.0. The van der Waals surface area contributed by atoms with Crippen molar-refractivity contribution >= 4 is 28.3 Å². The van der Waals surface area contributed by atoms with Gasteiger partial charge in [0.2, 0.25) is 5.88 Å². The first-order chi connectivity index (χ1) is 15.0. The lowest BCUT2D eigenvalue weighted by Gasteiger charge is -2.36. The monoisotopic (exact) mass is 422 g/mol. The predicted octanol–water partition coefficient (Wildman–Crippen LogP) is 2.74. The minimum Gasteiger partial charge on any atom is -0.466 e. The maximum atomic E-state index is 12.7. The Morgan fingerprint density at radius 3 is 2.65 bits per heavy atom. The van der Waals surface area contributed by atoms with Crippen molar-refractivity contribution in [2.45, 2.75) is 20.8 Å². The van der Waals surface area contributed by atoms with Crippen LogP contribution in [0, 0.1) is 13.8 Å². The van der Waals surface area contributed by atoms with Crippen molar-refractivity contribution in [2.24, 2.45) is 7.05 Å². The van der Waals surface area contributed by atoms with Crippen LogP contribution in [0.5, 0.6) is 5.88 Å². The number of amides is 1. The Kier molecular flexibility index (Phi) is 6.08. The lowest BCUT2D eigenvalue weighted by Crippen LogP contribution is -2.46. The van der Waals surface area contributed by atoms with Gasteiger partial charge in [-0.3, -0.25) is 4.79 Å². The Balaban J connectivity index is 1.44. The molecule has 1 amide bonds. The number of hydrogen-bond acceptors (Lipinski definition) is 6. The normalized spacial score (nSPS) is 14.8. The van der Waals surface area contributed by atoms with E-state index in [2.05, 4.69) is 38.2 Å². The van der Waals surface area contributed by atoms with E-state index < -0.39 is 0 Å². The smallest absolute Gasteiger partial charge is 0.262 e. The van der Waals surface area contributed by atoms with Crippen LogP contribution < -0.4 is 15.0 Å². The van der Waals surface area contributed by atoms with Crippen LogP contribution in [0.3, 0.4) is 0 Å². The summed E-state index contributed by atoms with van der Waals surface area (Å²) >= 11 is 0. The first kappa shape index (κ1) is 21.1. The second-order valence-electron chi connectivity index (χ2n) is 7.98. The van der Waals surface area contributed by atoms with Gasteiger partial charge in [-0.2, -0.15) is 0 Å². The molecule has 1 aromatic carbocycles. The molecule has 3 aromatic rings. The highest BCUT2D eigenvalue weighted by atomic mass is 16.5. The molecule has 0 saturated carbocycles. The fourth-order valence-electron chi connectivity index (χ4n) is 4.13. The number of nitrogens with one attached hydrogen (secondary N) is 1. The van der Waals surface area contributed by atoms with Gasteiger partial charge in [-0.25, -0.2) is 9.67 Å². The fourth-order valence-corrected chi connectivity index (χ4v) is 4.13. The highest BCUT2D eigenvalue weighted by molar-refractivity contribution is 5.95. The quantitative estimate of drug-likeness (QED) is 0.658. The number of para-hydroxylation sites is 2. The summed E-state index contributed by atoms with van der Waals surface area (Å²) in [6.07, 6.45) is 0. The van der Waals surface area contributed by atoms with Crippen molar-refractivity contribution in [2.75, 3.05) is 49.5 Å². The summed E-state index contributed by atoms with van der Waals surface area (Å²) in [5.74, 6) is 0.220. The van der Waals surface area contributed by atoms with Crippen LogP contribution in [0.2, 0.25) is 0 Å². The number of piperazine rings is 1. The van der Waals surface area contributed by atoms with Crippen LogP contribution in [0.25, 0.3) is 11.0 Å². The number of ether oxygens (including phenoxy) is 1. The fraction of sp³-hybridized carbons (Fsp3) is 0.435. The number of carbonyl (C=O) groups excluding carboxylic acids is 1. The van der Waals surface area contributed by atoms with Crippen LogP contribution in [-0.2, 0) is 11.8 Å². The first-order valence-corrected chi connectivity index (χ1v) is 10.8.